The van der Waals surface area contributed by atoms with Crippen LogP contribution in [0.3, 0.4) is 0 Å². The molecule has 0 saturated heterocycles. The first-order valence-electron chi connectivity index (χ1n) is 4.90. The first-order valence-corrected chi connectivity index (χ1v) is 4.90. The van der Waals surface area contributed by atoms with Gasteiger partial charge in [-0.1, -0.05) is 0 Å². The molecule has 2 heterocycles. The first kappa shape index (κ1) is 10.4. The fourth-order valence-corrected chi connectivity index (χ4v) is 1.71. The van der Waals surface area contributed by atoms with Gasteiger partial charge in [-0.05, 0) is 18.6 Å². The van der Waals surface area contributed by atoms with Crippen LogP contribution in [0.25, 0.3) is 11.1 Å². The van der Waals surface area contributed by atoms with Crippen molar-refractivity contribution < 1.29 is 9.90 Å². The van der Waals surface area contributed by atoms with Crippen LogP contribution >= 0.6 is 0 Å². The van der Waals surface area contributed by atoms with Crippen LogP contribution in [0.15, 0.2) is 30.9 Å². The number of nitrogens with zero attached hydrogens (tertiary/aromatic N) is 2. The zero-order chi connectivity index (χ0) is 11.7. The molecule has 2 aromatic rings. The lowest BCUT2D eigenvalue weighted by molar-refractivity contribution is 0.0697. The van der Waals surface area contributed by atoms with Gasteiger partial charge < -0.3 is 9.67 Å². The minimum absolute atomic E-state index is 0.304. The zero-order valence-corrected chi connectivity index (χ0v) is 9.14. The summed E-state index contributed by atoms with van der Waals surface area (Å²) < 4.78 is 1.74. The molecule has 0 aromatic carbocycles. The molecule has 0 unspecified atom stereocenters. The lowest BCUT2D eigenvalue weighted by Crippen LogP contribution is -1.97. The third-order valence-corrected chi connectivity index (χ3v) is 2.52. The zero-order valence-electron chi connectivity index (χ0n) is 9.14. The number of pyridine rings is 1. The van der Waals surface area contributed by atoms with E-state index in [4.69, 9.17) is 5.11 Å². The van der Waals surface area contributed by atoms with Crippen molar-refractivity contribution in [1.29, 1.82) is 0 Å². The van der Waals surface area contributed by atoms with Crippen molar-refractivity contribution in [2.75, 3.05) is 0 Å². The van der Waals surface area contributed by atoms with Crippen molar-refractivity contribution in [2.24, 2.45) is 7.05 Å². The minimum atomic E-state index is -0.918. The van der Waals surface area contributed by atoms with Gasteiger partial charge in [-0.2, -0.15) is 0 Å². The number of hydrogen-bond acceptors (Lipinski definition) is 2. The van der Waals surface area contributed by atoms with Gasteiger partial charge in [0, 0.05) is 43.0 Å². The Morgan fingerprint density at radius 3 is 2.75 bits per heavy atom. The monoisotopic (exact) mass is 216 g/mol. The molecule has 4 nitrogen and oxygen atoms in total. The Labute approximate surface area is 93.2 Å². The molecular weight excluding hydrogens is 204 g/mol. The highest BCUT2D eigenvalue weighted by Crippen LogP contribution is 2.26. The number of aromatic nitrogens is 2. The van der Waals surface area contributed by atoms with E-state index in [2.05, 4.69) is 4.98 Å². The molecule has 16 heavy (non-hydrogen) atoms. The van der Waals surface area contributed by atoms with Gasteiger partial charge in [-0.15, -0.1) is 0 Å². The van der Waals surface area contributed by atoms with Crippen molar-refractivity contribution in [3.05, 3.63) is 42.0 Å². The molecule has 0 saturated carbocycles. The van der Waals surface area contributed by atoms with E-state index in [9.17, 15) is 4.79 Å². The van der Waals surface area contributed by atoms with Crippen molar-refractivity contribution in [3.8, 4) is 11.1 Å². The molecule has 0 radical (unpaired) electrons. The largest absolute Gasteiger partial charge is 0.478 e. The van der Waals surface area contributed by atoms with Crippen LogP contribution in [-0.2, 0) is 7.05 Å². The molecule has 0 bridgehead atoms. The fraction of sp³-hybridized carbons (Fsp3) is 0.167. The van der Waals surface area contributed by atoms with E-state index in [1.165, 1.54) is 0 Å². The maximum absolute atomic E-state index is 11.1. The number of hydrogen-bond donors (Lipinski definition) is 1. The van der Waals surface area contributed by atoms with Gasteiger partial charge in [0.2, 0.25) is 0 Å². The summed E-state index contributed by atoms with van der Waals surface area (Å²) in [5.41, 5.74) is 2.89. The van der Waals surface area contributed by atoms with Crippen LogP contribution < -0.4 is 0 Å². The molecule has 0 aliphatic rings. The number of rotatable bonds is 2. The minimum Gasteiger partial charge on any atom is -0.478 e. The predicted molar refractivity (Wildman–Crippen MR) is 60.3 cm³/mol. The lowest BCUT2D eigenvalue weighted by atomic mass is 10.0. The summed E-state index contributed by atoms with van der Waals surface area (Å²) in [6.45, 7) is 1.94. The molecule has 0 fully saturated rings. The summed E-state index contributed by atoms with van der Waals surface area (Å²) in [5.74, 6) is -0.918. The van der Waals surface area contributed by atoms with E-state index in [0.29, 0.717) is 11.1 Å². The highest BCUT2D eigenvalue weighted by Gasteiger charge is 2.15. The molecule has 1 N–H and O–H groups in total. The molecule has 0 aliphatic heterocycles. The quantitative estimate of drug-likeness (QED) is 0.836. The number of aromatic carboxylic acids is 1. The van der Waals surface area contributed by atoms with Crippen molar-refractivity contribution in [3.63, 3.8) is 0 Å². The Morgan fingerprint density at radius 1 is 1.38 bits per heavy atom. The van der Waals surface area contributed by atoms with E-state index in [1.54, 1.807) is 29.4 Å². The van der Waals surface area contributed by atoms with Crippen LogP contribution in [0.2, 0.25) is 0 Å². The van der Waals surface area contributed by atoms with E-state index >= 15 is 0 Å². The van der Waals surface area contributed by atoms with Gasteiger partial charge in [-0.25, -0.2) is 4.79 Å². The average molecular weight is 216 g/mol. The predicted octanol–water partition coefficient (Wildman–Crippen LogP) is 2.09. The van der Waals surface area contributed by atoms with Crippen molar-refractivity contribution >= 4 is 5.97 Å². The van der Waals surface area contributed by atoms with Crippen molar-refractivity contribution in [2.45, 2.75) is 6.92 Å². The molecule has 4 heteroatoms. The normalized spacial score (nSPS) is 10.4. The van der Waals surface area contributed by atoms with Gasteiger partial charge in [0.05, 0.1) is 5.56 Å². The molecular formula is C12H12N2O2. The van der Waals surface area contributed by atoms with Gasteiger partial charge in [0.25, 0.3) is 0 Å². The average Bonchev–Trinajstić information content (AvgIpc) is 2.61. The summed E-state index contributed by atoms with van der Waals surface area (Å²) in [7, 11) is 1.81. The second-order valence-corrected chi connectivity index (χ2v) is 3.75. The Balaban J connectivity index is 2.64. The van der Waals surface area contributed by atoms with Crippen LogP contribution in [0.1, 0.15) is 15.9 Å². The SMILES string of the molecule is Cc1ccncc1-c1cn(C)cc1C(=O)O. The maximum Gasteiger partial charge on any atom is 0.337 e. The lowest BCUT2D eigenvalue weighted by Gasteiger charge is -2.03. The number of carboxylic acids is 1. The molecule has 0 amide bonds. The fourth-order valence-electron chi connectivity index (χ4n) is 1.71. The third-order valence-electron chi connectivity index (χ3n) is 2.52. The third kappa shape index (κ3) is 1.69. The molecule has 0 atom stereocenters. The summed E-state index contributed by atoms with van der Waals surface area (Å²) >= 11 is 0. The smallest absolute Gasteiger partial charge is 0.337 e. The van der Waals surface area contributed by atoms with Crippen molar-refractivity contribution in [1.82, 2.24) is 9.55 Å². The van der Waals surface area contributed by atoms with E-state index in [1.807, 2.05) is 20.0 Å². The molecule has 0 spiro atoms. The highest BCUT2D eigenvalue weighted by molar-refractivity contribution is 5.96. The number of carbonyl (C=O) groups is 1. The number of carboxylic acid groups (broad SMARTS) is 1. The Hall–Kier alpha value is -2.10. The topological polar surface area (TPSA) is 55.1 Å². The van der Waals surface area contributed by atoms with E-state index < -0.39 is 5.97 Å². The highest BCUT2D eigenvalue weighted by atomic mass is 16.4. The van der Waals surface area contributed by atoms with Crippen LogP contribution in [0, 0.1) is 6.92 Å². The summed E-state index contributed by atoms with van der Waals surface area (Å²) in [4.78, 5) is 15.1. The molecule has 2 rings (SSSR count). The molecule has 0 aliphatic carbocycles. The molecule has 82 valence electrons. The van der Waals surface area contributed by atoms with Gasteiger partial charge in [0.15, 0.2) is 0 Å². The summed E-state index contributed by atoms with van der Waals surface area (Å²) in [5, 5.41) is 9.10. The Morgan fingerprint density at radius 2 is 2.12 bits per heavy atom. The summed E-state index contributed by atoms with van der Waals surface area (Å²) in [6.07, 6.45) is 6.79. The van der Waals surface area contributed by atoms with E-state index in [0.717, 1.165) is 11.1 Å². The summed E-state index contributed by atoms with van der Waals surface area (Å²) in [6, 6.07) is 1.87. The van der Waals surface area contributed by atoms with Crippen LogP contribution in [0.5, 0.6) is 0 Å². The van der Waals surface area contributed by atoms with E-state index in [-0.39, 0.29) is 0 Å². The molecule has 2 aromatic heterocycles. The van der Waals surface area contributed by atoms with Gasteiger partial charge in [-0.3, -0.25) is 4.98 Å². The van der Waals surface area contributed by atoms with Gasteiger partial charge >= 0.3 is 5.97 Å². The number of aryl methyl sites for hydroxylation is 2. The second kappa shape index (κ2) is 3.81. The van der Waals surface area contributed by atoms with Crippen LogP contribution in [0.4, 0.5) is 0 Å². The first-order chi connectivity index (χ1) is 7.59. The van der Waals surface area contributed by atoms with Gasteiger partial charge in [0.1, 0.15) is 0 Å². The Kier molecular flexibility index (Phi) is 2.48. The Bertz CT molecular complexity index is 544. The van der Waals surface area contributed by atoms with Crippen LogP contribution in [-0.4, -0.2) is 20.6 Å². The standard InChI is InChI=1S/C12H12N2O2/c1-8-3-4-13-5-9(8)10-6-14(2)7-11(10)12(15)16/h3-7H,1-2H3,(H,15,16). The maximum atomic E-state index is 11.1. The second-order valence-electron chi connectivity index (χ2n) is 3.75.